The summed E-state index contributed by atoms with van der Waals surface area (Å²) < 4.78 is 80.9. The van der Waals surface area contributed by atoms with Gasteiger partial charge in [0.25, 0.3) is 0 Å². The van der Waals surface area contributed by atoms with E-state index >= 15 is 0 Å². The second-order valence-electron chi connectivity index (χ2n) is 26.9. The number of urea groups is 2. The number of anilines is 7. The minimum absolute atomic E-state index is 0. The molecule has 0 radical (unpaired) electrons. The van der Waals surface area contributed by atoms with Crippen molar-refractivity contribution in [3.63, 3.8) is 0 Å². The normalized spacial score (nSPS) is 19.3. The van der Waals surface area contributed by atoms with Crippen molar-refractivity contribution in [1.29, 1.82) is 0 Å². The number of hydrogen-bond acceptors (Lipinski definition) is 22. The smallest absolute Gasteiger partial charge is 0.399 e. The highest BCUT2D eigenvalue weighted by Gasteiger charge is 2.52. The number of ether oxygens (including phenoxy) is 3. The summed E-state index contributed by atoms with van der Waals surface area (Å²) in [7, 11) is -0.556. The van der Waals surface area contributed by atoms with Crippen molar-refractivity contribution in [2.24, 2.45) is 17.6 Å². The topological polar surface area (TPSA) is 331 Å². The van der Waals surface area contributed by atoms with Crippen molar-refractivity contribution in [1.82, 2.24) is 24.8 Å². The molecule has 12 N–H and O–H groups in total. The Balaban J connectivity index is 0.000000221. The average Bonchev–Trinajstić information content (AvgIpc) is 1.60. The van der Waals surface area contributed by atoms with E-state index in [4.69, 9.17) is 49.6 Å². The third kappa shape index (κ3) is 27.6. The third-order valence-electron chi connectivity index (χ3n) is 18.4. The van der Waals surface area contributed by atoms with Gasteiger partial charge in [-0.15, -0.1) is 0 Å². The minimum atomic E-state index is -4.20. The molecule has 6 aliphatic heterocycles. The number of likely N-dealkylation sites (tertiary alicyclic amines) is 2. The lowest BCUT2D eigenvalue weighted by Gasteiger charge is -2.32. The Bertz CT molecular complexity index is 3440. The predicted molar refractivity (Wildman–Crippen MR) is 418 cm³/mol. The molecule has 0 spiro atoms. The first-order valence-electron chi connectivity index (χ1n) is 34.8. The van der Waals surface area contributed by atoms with Gasteiger partial charge < -0.3 is 106 Å². The second kappa shape index (κ2) is 42.3. The SMILES string of the molecule is CC[C@@H]1CCN(C(=O)Nc2ccc(C)c(-c3cc(NC[C@H](O)CO)nc(N4CCOCC4)c3)c2)C1.Cc1ccc(NC(=O)N2CC[C@@H](CC(F)(F)F)C2)cc1B1OC(C)(C)C(C)(C)O1.Fc1cc(I)cc(N2CCOCC2)n1.NC[C@H](O)CO.OC[C@@H](O)CNc1cc(I)cc(N2CCOCC2)n1.S. The monoisotopic (exact) mass is 1710 g/mol. The van der Waals surface area contributed by atoms with Crippen molar-refractivity contribution in [3.8, 4) is 11.1 Å². The van der Waals surface area contributed by atoms with Crippen molar-refractivity contribution < 1.29 is 81.3 Å². The largest absolute Gasteiger partial charge is 0.495 e. The summed E-state index contributed by atoms with van der Waals surface area (Å²) in [6.07, 6.45) is -4.91. The number of carbonyl (C=O) groups is 2. The molecule has 5 atom stereocenters. The maximum Gasteiger partial charge on any atom is 0.495 e. The zero-order chi connectivity index (χ0) is 75.0. The number of nitrogens with two attached hydrogens (primary N) is 1. The number of alkyl halides is 3. The highest BCUT2D eigenvalue weighted by Crippen LogP contribution is 2.38. The van der Waals surface area contributed by atoms with Gasteiger partial charge >= 0.3 is 25.4 Å². The molecular weight excluding hydrogens is 1600 g/mol. The number of amides is 4. The van der Waals surface area contributed by atoms with Crippen LogP contribution < -0.4 is 47.2 Å². The number of carbonyl (C=O) groups excluding carboxylic acids is 2. The molecule has 0 aliphatic carbocycles. The summed E-state index contributed by atoms with van der Waals surface area (Å²) >= 11 is 4.33. The molecule has 0 saturated carbocycles. The molecule has 578 valence electrons. The van der Waals surface area contributed by atoms with Crippen molar-refractivity contribution in [2.75, 3.05) is 181 Å². The first-order valence-corrected chi connectivity index (χ1v) is 37.0. The van der Waals surface area contributed by atoms with Gasteiger partial charge in [-0.2, -0.15) is 31.1 Å². The predicted octanol–water partition coefficient (Wildman–Crippen LogP) is 7.38. The van der Waals surface area contributed by atoms with Crippen LogP contribution in [-0.2, 0) is 23.5 Å². The van der Waals surface area contributed by atoms with Crippen molar-refractivity contribution in [2.45, 2.75) is 110 Å². The molecule has 3 aromatic heterocycles. The van der Waals surface area contributed by atoms with Gasteiger partial charge in [-0.25, -0.2) is 24.5 Å². The molecule has 26 nitrogen and oxygen atoms in total. The zero-order valence-electron chi connectivity index (χ0n) is 60.2. The van der Waals surface area contributed by atoms with Crippen LogP contribution in [0.2, 0.25) is 0 Å². The number of benzene rings is 2. The van der Waals surface area contributed by atoms with E-state index in [1.807, 2.05) is 99.9 Å². The standard InChI is InChI=1S/C26H37N5O4.C20H28BF3N2O3.C12H18IN3O3.C9H10FIN2O.C3H9NO2.H2S/c1-3-19-6-7-31(16-19)26(34)28-21-5-4-18(2)23(14-21)20-12-24(27-15-22(33)17-32)29-25(13-20)30-8-10-35-11-9-30;1-13-6-7-15(10-16(13)21-28-18(2,3)19(4,5)29-21)25-17(27)26-9-8-14(12-26)11-20(22,23)24;13-9-5-11(14-7-10(18)8-17)15-12(6-9)16-1-3-19-4-2-16;10-8-5-7(11)6-9(12-8)13-1-3-14-4-2-13;4-1-3(6)2-5;/h4-5,12-14,19,22,32-33H,3,6-11,15-17H2,1-2H3,(H,27,29)(H,28,34);6-7,10,14H,8-9,11-12H2,1-5H3,(H,25,27);5-6,10,17-18H,1-4,7-8H2,(H,14,15);5-6H,1-4H2;3,5-6H,1-2,4H2;1H2/t19-,22+;14-;10-;;3-;/m100.0./s1. The number of morpholine rings is 3. The number of nitrogens with one attached hydrogen (secondary N) is 4. The van der Waals surface area contributed by atoms with Gasteiger partial charge in [0.15, 0.2) is 0 Å². The Hall–Kier alpha value is -5.46. The van der Waals surface area contributed by atoms with Crippen LogP contribution >= 0.6 is 58.7 Å². The van der Waals surface area contributed by atoms with Gasteiger partial charge in [0.05, 0.1) is 89.0 Å². The summed E-state index contributed by atoms with van der Waals surface area (Å²) in [5.41, 5.74) is 10.1. The van der Waals surface area contributed by atoms with Crippen molar-refractivity contribution in [3.05, 3.63) is 97.0 Å². The zero-order valence-corrected chi connectivity index (χ0v) is 65.6. The first-order chi connectivity index (χ1) is 49.0. The van der Waals surface area contributed by atoms with Crippen LogP contribution in [0.15, 0.2) is 72.8 Å². The van der Waals surface area contributed by atoms with Gasteiger partial charge in [0, 0.05) is 116 Å². The molecule has 34 heteroatoms. The number of aromatic nitrogens is 3. The lowest BCUT2D eigenvalue weighted by atomic mass is 9.76. The van der Waals surface area contributed by atoms with E-state index in [0.29, 0.717) is 68.5 Å². The molecule has 5 aromatic rings. The van der Waals surface area contributed by atoms with E-state index < -0.39 is 67.1 Å². The highest BCUT2D eigenvalue weighted by molar-refractivity contribution is 14.1. The number of aliphatic hydroxyl groups excluding tert-OH is 6. The van der Waals surface area contributed by atoms with Crippen LogP contribution in [0.1, 0.15) is 71.4 Å². The van der Waals surface area contributed by atoms with Crippen LogP contribution in [-0.4, -0.2) is 255 Å². The number of halogens is 6. The number of hydrogen-bond donors (Lipinski definition) is 11. The Morgan fingerprint density at radius 1 is 0.615 bits per heavy atom. The molecular formula is C70H104BF4I2N13O13S. The van der Waals surface area contributed by atoms with Gasteiger partial charge in [0.1, 0.15) is 29.1 Å². The third-order valence-corrected chi connectivity index (χ3v) is 19.6. The van der Waals surface area contributed by atoms with E-state index in [1.165, 1.54) is 11.0 Å². The lowest BCUT2D eigenvalue weighted by molar-refractivity contribution is -0.143. The fraction of sp³-hybridized carbons (Fsp3) is 0.586. The molecule has 9 heterocycles. The summed E-state index contributed by atoms with van der Waals surface area (Å²) in [4.78, 5) is 48.2. The number of pyridine rings is 3. The summed E-state index contributed by atoms with van der Waals surface area (Å²) in [5.74, 6) is 3.39. The fourth-order valence-corrected chi connectivity index (χ4v) is 12.6. The van der Waals surface area contributed by atoms with E-state index in [9.17, 15) is 42.5 Å². The number of nitrogens with zero attached hydrogens (tertiary/aromatic N) is 8. The van der Waals surface area contributed by atoms with Gasteiger partial charge in [-0.1, -0.05) is 31.0 Å². The Labute approximate surface area is 641 Å². The van der Waals surface area contributed by atoms with E-state index in [-0.39, 0.29) is 65.5 Å². The number of rotatable bonds is 19. The maximum absolute atomic E-state index is 13.0. The van der Waals surface area contributed by atoms with Crippen LogP contribution in [0, 0.1) is 38.8 Å². The van der Waals surface area contributed by atoms with Crippen LogP contribution in [0.3, 0.4) is 0 Å². The van der Waals surface area contributed by atoms with Crippen LogP contribution in [0.25, 0.3) is 11.1 Å². The molecule has 0 bridgehead atoms. The number of aryl methyl sites for hydroxylation is 2. The molecule has 6 aliphatic rings. The molecule has 2 aromatic carbocycles. The second-order valence-corrected chi connectivity index (χ2v) is 29.4. The quantitative estimate of drug-likeness (QED) is 0.0166. The molecule has 104 heavy (non-hydrogen) atoms. The van der Waals surface area contributed by atoms with Crippen LogP contribution in [0.4, 0.5) is 67.6 Å². The minimum Gasteiger partial charge on any atom is -0.399 e. The molecule has 0 unspecified atom stereocenters. The highest BCUT2D eigenvalue weighted by atomic mass is 127. The average molecular weight is 1710 g/mol. The van der Waals surface area contributed by atoms with E-state index in [1.54, 1.807) is 12.1 Å². The number of aliphatic hydroxyl groups is 6. The van der Waals surface area contributed by atoms with Gasteiger partial charge in [0.2, 0.25) is 5.95 Å². The van der Waals surface area contributed by atoms with E-state index in [0.717, 1.165) is 131 Å². The lowest BCUT2D eigenvalue weighted by Crippen LogP contribution is -2.41. The summed E-state index contributed by atoms with van der Waals surface area (Å²) in [6, 6.07) is 22.2. The molecule has 4 amide bonds. The summed E-state index contributed by atoms with van der Waals surface area (Å²) in [5, 5.41) is 65.4. The fourth-order valence-electron chi connectivity index (χ4n) is 11.5. The summed E-state index contributed by atoms with van der Waals surface area (Å²) in [6.45, 7) is 24.7. The maximum atomic E-state index is 13.0. The molecule has 6 fully saturated rings. The van der Waals surface area contributed by atoms with E-state index in [2.05, 4.69) is 99.2 Å². The molecule has 11 rings (SSSR count). The Kier molecular flexibility index (Phi) is 35.6. The molecule has 6 saturated heterocycles. The first kappa shape index (κ1) is 87.5. The van der Waals surface area contributed by atoms with Gasteiger partial charge in [-0.05, 0) is 188 Å². The van der Waals surface area contributed by atoms with Gasteiger partial charge in [-0.3, -0.25) is 0 Å². The van der Waals surface area contributed by atoms with Crippen molar-refractivity contribution >= 4 is 124 Å². The Morgan fingerprint density at radius 3 is 1.49 bits per heavy atom. The van der Waals surface area contributed by atoms with Crippen LogP contribution in [0.5, 0.6) is 0 Å². The Morgan fingerprint density at radius 2 is 1.05 bits per heavy atom.